The molecule has 0 aliphatic carbocycles. The van der Waals surface area contributed by atoms with Gasteiger partial charge in [0.2, 0.25) is 4.77 Å². The van der Waals surface area contributed by atoms with Gasteiger partial charge in [0.05, 0.1) is 6.21 Å². The van der Waals surface area contributed by atoms with Crippen LogP contribution in [0.3, 0.4) is 0 Å². The van der Waals surface area contributed by atoms with Gasteiger partial charge in [-0.05, 0) is 54.7 Å². The van der Waals surface area contributed by atoms with E-state index in [0.29, 0.717) is 21.2 Å². The number of hydrogen-bond acceptors (Lipinski definition) is 4. The Balaban J connectivity index is 2.02. The van der Waals surface area contributed by atoms with Crippen molar-refractivity contribution in [2.24, 2.45) is 5.10 Å². The van der Waals surface area contributed by atoms with Crippen LogP contribution in [0.4, 0.5) is 0 Å². The van der Waals surface area contributed by atoms with Crippen molar-refractivity contribution in [1.29, 1.82) is 0 Å². The molecule has 1 heterocycles. The van der Waals surface area contributed by atoms with E-state index in [2.05, 4.69) is 31.2 Å². The van der Waals surface area contributed by atoms with Gasteiger partial charge in [0.15, 0.2) is 5.82 Å². The predicted octanol–water partition coefficient (Wildman–Crippen LogP) is 4.61. The number of phenolic OH excluding ortho intramolecular Hbond substituents is 1. The fourth-order valence-electron chi connectivity index (χ4n) is 1.93. The van der Waals surface area contributed by atoms with Gasteiger partial charge in [-0.2, -0.15) is 14.9 Å². The van der Waals surface area contributed by atoms with Crippen LogP contribution in [0.1, 0.15) is 5.56 Å². The summed E-state index contributed by atoms with van der Waals surface area (Å²) < 4.78 is 2.67. The maximum atomic E-state index is 9.86. The Morgan fingerprint density at radius 2 is 2.00 bits per heavy atom. The molecular weight excluding hydrogens is 400 g/mol. The zero-order valence-corrected chi connectivity index (χ0v) is 14.7. The van der Waals surface area contributed by atoms with Gasteiger partial charge in [0, 0.05) is 20.6 Å². The normalized spacial score (nSPS) is 11.2. The van der Waals surface area contributed by atoms with Crippen LogP contribution in [-0.2, 0) is 0 Å². The van der Waals surface area contributed by atoms with Crippen LogP contribution >= 0.6 is 39.7 Å². The zero-order chi connectivity index (χ0) is 16.4. The zero-order valence-electron chi connectivity index (χ0n) is 11.6. The van der Waals surface area contributed by atoms with Crippen molar-refractivity contribution in [3.63, 3.8) is 0 Å². The van der Waals surface area contributed by atoms with Crippen molar-refractivity contribution in [2.75, 3.05) is 0 Å². The first kappa shape index (κ1) is 15.9. The highest BCUT2D eigenvalue weighted by Crippen LogP contribution is 2.22. The molecule has 2 N–H and O–H groups in total. The number of nitrogens with one attached hydrogen (secondary N) is 1. The number of nitrogens with zero attached hydrogens (tertiary/aromatic N) is 3. The molecule has 0 amide bonds. The highest BCUT2D eigenvalue weighted by Gasteiger charge is 2.08. The minimum Gasteiger partial charge on any atom is -0.507 e. The van der Waals surface area contributed by atoms with E-state index >= 15 is 0 Å². The minimum atomic E-state index is 0.125. The number of halogens is 2. The van der Waals surface area contributed by atoms with Gasteiger partial charge in [-0.3, -0.25) is 0 Å². The molecule has 116 valence electrons. The number of phenols is 1. The van der Waals surface area contributed by atoms with Crippen molar-refractivity contribution in [3.05, 3.63) is 62.3 Å². The Labute approximate surface area is 150 Å². The fraction of sp³-hybridized carbons (Fsp3) is 0. The monoisotopic (exact) mass is 408 g/mol. The molecule has 0 saturated carbocycles. The molecule has 0 bridgehead atoms. The standard InChI is InChI=1S/C15H10BrClN4OS/c16-11-3-6-13(22)10(7-11)8-18-21-14(19-20-15(21)23)9-1-4-12(17)5-2-9/h1-8,22H,(H,20,23)/b18-8+. The van der Waals surface area contributed by atoms with Gasteiger partial charge in [-0.15, -0.1) is 0 Å². The Morgan fingerprint density at radius 3 is 2.74 bits per heavy atom. The third-order valence-corrected chi connectivity index (χ3v) is 4.06. The van der Waals surface area contributed by atoms with Crippen LogP contribution in [0.15, 0.2) is 52.0 Å². The van der Waals surface area contributed by atoms with Gasteiger partial charge in [0.25, 0.3) is 0 Å². The molecule has 0 aliphatic rings. The summed E-state index contributed by atoms with van der Waals surface area (Å²) in [4.78, 5) is 0. The van der Waals surface area contributed by atoms with Gasteiger partial charge in [0.1, 0.15) is 5.75 Å². The lowest BCUT2D eigenvalue weighted by Crippen LogP contribution is -1.95. The van der Waals surface area contributed by atoms with E-state index in [1.165, 1.54) is 10.9 Å². The third-order valence-electron chi connectivity index (χ3n) is 3.05. The van der Waals surface area contributed by atoms with Crippen LogP contribution in [0.25, 0.3) is 11.4 Å². The highest BCUT2D eigenvalue weighted by atomic mass is 79.9. The summed E-state index contributed by atoms with van der Waals surface area (Å²) in [5.74, 6) is 0.678. The SMILES string of the molecule is Oc1ccc(Br)cc1/C=N/n1c(-c2ccc(Cl)cc2)n[nH]c1=S. The van der Waals surface area contributed by atoms with Gasteiger partial charge >= 0.3 is 0 Å². The van der Waals surface area contributed by atoms with Crippen LogP contribution in [-0.4, -0.2) is 26.2 Å². The molecule has 2 aromatic carbocycles. The first-order valence-corrected chi connectivity index (χ1v) is 8.09. The topological polar surface area (TPSA) is 66.2 Å². The van der Waals surface area contributed by atoms with E-state index in [0.717, 1.165) is 10.0 Å². The number of aromatic hydroxyl groups is 1. The molecule has 0 unspecified atom stereocenters. The summed E-state index contributed by atoms with van der Waals surface area (Å²) in [6.45, 7) is 0. The molecule has 0 saturated heterocycles. The van der Waals surface area contributed by atoms with Crippen molar-refractivity contribution in [1.82, 2.24) is 14.9 Å². The largest absolute Gasteiger partial charge is 0.507 e. The van der Waals surface area contributed by atoms with Crippen molar-refractivity contribution < 1.29 is 5.11 Å². The second kappa shape index (κ2) is 6.66. The van der Waals surface area contributed by atoms with Crippen LogP contribution in [0, 0.1) is 4.77 Å². The number of rotatable bonds is 3. The lowest BCUT2D eigenvalue weighted by molar-refractivity contribution is 0.474. The second-order valence-electron chi connectivity index (χ2n) is 4.62. The predicted molar refractivity (Wildman–Crippen MR) is 96.7 cm³/mol. The first-order chi connectivity index (χ1) is 11.0. The summed E-state index contributed by atoms with van der Waals surface area (Å²) in [6, 6.07) is 12.3. The van der Waals surface area contributed by atoms with Gasteiger partial charge < -0.3 is 5.11 Å². The van der Waals surface area contributed by atoms with Crippen LogP contribution < -0.4 is 0 Å². The lowest BCUT2D eigenvalue weighted by atomic mass is 10.2. The molecule has 0 atom stereocenters. The Hall–Kier alpha value is -1.96. The van der Waals surface area contributed by atoms with E-state index in [4.69, 9.17) is 23.8 Å². The van der Waals surface area contributed by atoms with Gasteiger partial charge in [-0.25, -0.2) is 5.10 Å². The summed E-state index contributed by atoms with van der Waals surface area (Å²) in [5.41, 5.74) is 1.38. The molecular formula is C15H10BrClN4OS. The molecule has 23 heavy (non-hydrogen) atoms. The second-order valence-corrected chi connectivity index (χ2v) is 6.36. The van der Waals surface area contributed by atoms with E-state index in [9.17, 15) is 5.11 Å². The smallest absolute Gasteiger partial charge is 0.216 e. The molecule has 1 aromatic heterocycles. The van der Waals surface area contributed by atoms with E-state index < -0.39 is 0 Å². The number of H-pyrrole nitrogens is 1. The van der Waals surface area contributed by atoms with Crippen molar-refractivity contribution in [3.8, 4) is 17.1 Å². The number of aromatic nitrogens is 3. The first-order valence-electron chi connectivity index (χ1n) is 6.51. The van der Waals surface area contributed by atoms with E-state index in [1.807, 2.05) is 12.1 Å². The third kappa shape index (κ3) is 3.52. The summed E-state index contributed by atoms with van der Waals surface area (Å²) in [6.07, 6.45) is 1.52. The Bertz CT molecular complexity index is 933. The molecule has 8 heteroatoms. The Kier molecular flexibility index (Phi) is 4.61. The van der Waals surface area contributed by atoms with Crippen LogP contribution in [0.5, 0.6) is 5.75 Å². The maximum absolute atomic E-state index is 9.86. The van der Waals surface area contributed by atoms with Crippen LogP contribution in [0.2, 0.25) is 5.02 Å². The lowest BCUT2D eigenvalue weighted by Gasteiger charge is -2.02. The van der Waals surface area contributed by atoms with Gasteiger partial charge in [-0.1, -0.05) is 27.5 Å². The quantitative estimate of drug-likeness (QED) is 0.490. The molecule has 5 nitrogen and oxygen atoms in total. The minimum absolute atomic E-state index is 0.125. The molecule has 0 aliphatic heterocycles. The molecule has 0 fully saturated rings. The van der Waals surface area contributed by atoms with Crippen molar-refractivity contribution in [2.45, 2.75) is 0 Å². The van der Waals surface area contributed by atoms with Crippen molar-refractivity contribution >= 4 is 46.0 Å². The average Bonchev–Trinajstić information content (AvgIpc) is 2.90. The van der Waals surface area contributed by atoms with E-state index in [1.54, 1.807) is 30.3 Å². The molecule has 3 aromatic rings. The molecule has 0 radical (unpaired) electrons. The molecule has 0 spiro atoms. The number of aromatic amines is 1. The molecule has 3 rings (SSSR count). The summed E-state index contributed by atoms with van der Waals surface area (Å²) in [7, 11) is 0. The Morgan fingerprint density at radius 1 is 1.26 bits per heavy atom. The maximum Gasteiger partial charge on any atom is 0.216 e. The summed E-state index contributed by atoms with van der Waals surface area (Å²) in [5, 5.41) is 21.7. The van der Waals surface area contributed by atoms with E-state index in [-0.39, 0.29) is 5.75 Å². The summed E-state index contributed by atoms with van der Waals surface area (Å²) >= 11 is 14.5. The fourth-order valence-corrected chi connectivity index (χ4v) is 2.62. The number of benzene rings is 2. The highest BCUT2D eigenvalue weighted by molar-refractivity contribution is 9.10. The number of hydrogen-bond donors (Lipinski definition) is 2. The average molecular weight is 410 g/mol.